The third-order valence-electron chi connectivity index (χ3n) is 5.68. The molecular weight excluding hydrogens is 439 g/mol. The van der Waals surface area contributed by atoms with Crippen LogP contribution in [-0.2, 0) is 4.79 Å². The molecule has 1 amide bonds. The second-order valence-electron chi connectivity index (χ2n) is 7.97. The standard InChI is InChI=1S/C25H23FN4O4/c26-20-7-9-21(10-8-20)27-24(31)17-28-12-14-29(15-13-28)22-11-6-19(16-23(22)30(33)34)25(32)18-4-2-1-3-5-18/h1-11,16H,12-15,17H2,(H,27,31). The van der Waals surface area contributed by atoms with Crippen molar-refractivity contribution in [3.63, 3.8) is 0 Å². The number of rotatable bonds is 7. The number of hydrogen-bond acceptors (Lipinski definition) is 6. The molecule has 0 spiro atoms. The smallest absolute Gasteiger partial charge is 0.293 e. The monoisotopic (exact) mass is 462 g/mol. The van der Waals surface area contributed by atoms with E-state index in [4.69, 9.17) is 0 Å². The summed E-state index contributed by atoms with van der Waals surface area (Å²) in [6.07, 6.45) is 0. The molecule has 174 valence electrons. The lowest BCUT2D eigenvalue weighted by atomic mass is 10.0. The Kier molecular flexibility index (Phi) is 6.93. The molecule has 1 aliphatic heterocycles. The fourth-order valence-corrected chi connectivity index (χ4v) is 3.92. The van der Waals surface area contributed by atoms with E-state index in [0.717, 1.165) is 0 Å². The molecule has 1 saturated heterocycles. The zero-order valence-electron chi connectivity index (χ0n) is 18.3. The molecule has 0 radical (unpaired) electrons. The number of carbonyl (C=O) groups excluding carboxylic acids is 2. The van der Waals surface area contributed by atoms with Gasteiger partial charge in [-0.05, 0) is 36.4 Å². The van der Waals surface area contributed by atoms with Crippen LogP contribution in [0.15, 0.2) is 72.8 Å². The average molecular weight is 462 g/mol. The van der Waals surface area contributed by atoms with Gasteiger partial charge in [0.05, 0.1) is 11.5 Å². The minimum atomic E-state index is -0.473. The predicted octanol–water partition coefficient (Wildman–Crippen LogP) is 3.73. The van der Waals surface area contributed by atoms with Crippen molar-refractivity contribution in [2.24, 2.45) is 0 Å². The van der Waals surface area contributed by atoms with Gasteiger partial charge >= 0.3 is 0 Å². The van der Waals surface area contributed by atoms with Crippen LogP contribution in [0, 0.1) is 15.9 Å². The van der Waals surface area contributed by atoms with Crippen LogP contribution in [-0.4, -0.2) is 54.2 Å². The van der Waals surface area contributed by atoms with E-state index >= 15 is 0 Å². The second-order valence-corrected chi connectivity index (χ2v) is 7.97. The molecule has 0 saturated carbocycles. The van der Waals surface area contributed by atoms with E-state index in [-0.39, 0.29) is 35.3 Å². The highest BCUT2D eigenvalue weighted by molar-refractivity contribution is 6.09. The number of nitrogens with one attached hydrogen (secondary N) is 1. The van der Waals surface area contributed by atoms with Crippen molar-refractivity contribution in [1.82, 2.24) is 4.90 Å². The van der Waals surface area contributed by atoms with E-state index in [9.17, 15) is 24.1 Å². The molecule has 0 aliphatic carbocycles. The first-order valence-electron chi connectivity index (χ1n) is 10.8. The minimum absolute atomic E-state index is 0.121. The Morgan fingerprint density at radius 1 is 0.912 bits per heavy atom. The molecule has 1 fully saturated rings. The number of nitro groups is 1. The average Bonchev–Trinajstić information content (AvgIpc) is 2.85. The van der Waals surface area contributed by atoms with Crippen LogP contribution in [0.4, 0.5) is 21.5 Å². The van der Waals surface area contributed by atoms with Crippen molar-refractivity contribution in [3.8, 4) is 0 Å². The van der Waals surface area contributed by atoms with E-state index in [1.165, 1.54) is 30.3 Å². The van der Waals surface area contributed by atoms with Gasteiger partial charge in [-0.2, -0.15) is 0 Å². The van der Waals surface area contributed by atoms with Gasteiger partial charge in [0.1, 0.15) is 11.5 Å². The maximum atomic E-state index is 13.0. The largest absolute Gasteiger partial charge is 0.363 e. The number of halogens is 1. The Hall–Kier alpha value is -4.11. The fourth-order valence-electron chi connectivity index (χ4n) is 3.92. The number of hydrogen-bond donors (Lipinski definition) is 1. The third kappa shape index (κ3) is 5.44. The lowest BCUT2D eigenvalue weighted by Gasteiger charge is -2.35. The van der Waals surface area contributed by atoms with Crippen LogP contribution in [0.1, 0.15) is 15.9 Å². The Labute approximate surface area is 195 Å². The van der Waals surface area contributed by atoms with Gasteiger partial charge in [-0.1, -0.05) is 30.3 Å². The summed E-state index contributed by atoms with van der Waals surface area (Å²) in [6.45, 7) is 2.24. The maximum Gasteiger partial charge on any atom is 0.293 e. The summed E-state index contributed by atoms with van der Waals surface area (Å²) in [6, 6.07) is 18.7. The van der Waals surface area contributed by atoms with E-state index in [2.05, 4.69) is 5.32 Å². The van der Waals surface area contributed by atoms with E-state index in [1.807, 2.05) is 9.80 Å². The number of amides is 1. The van der Waals surface area contributed by atoms with Crippen LogP contribution < -0.4 is 10.2 Å². The van der Waals surface area contributed by atoms with Crippen molar-refractivity contribution in [3.05, 3.63) is 99.9 Å². The number of carbonyl (C=O) groups is 2. The van der Waals surface area contributed by atoms with Crippen LogP contribution in [0.5, 0.6) is 0 Å². The summed E-state index contributed by atoms with van der Waals surface area (Å²) in [4.78, 5) is 40.1. The molecule has 0 bridgehead atoms. The number of benzene rings is 3. The van der Waals surface area contributed by atoms with Crippen LogP contribution in [0.25, 0.3) is 0 Å². The molecule has 1 aliphatic rings. The Morgan fingerprint density at radius 2 is 1.59 bits per heavy atom. The predicted molar refractivity (Wildman–Crippen MR) is 127 cm³/mol. The van der Waals surface area contributed by atoms with Crippen LogP contribution in [0.2, 0.25) is 0 Å². The minimum Gasteiger partial charge on any atom is -0.363 e. The molecule has 0 atom stereocenters. The molecule has 4 rings (SSSR count). The van der Waals surface area contributed by atoms with Gasteiger partial charge in [-0.25, -0.2) is 4.39 Å². The van der Waals surface area contributed by atoms with Crippen molar-refractivity contribution in [2.45, 2.75) is 0 Å². The van der Waals surface area contributed by atoms with Gasteiger partial charge in [0.25, 0.3) is 5.69 Å². The fraction of sp³-hybridized carbons (Fsp3) is 0.200. The number of piperazine rings is 1. The molecule has 8 nitrogen and oxygen atoms in total. The summed E-state index contributed by atoms with van der Waals surface area (Å²) in [5, 5.41) is 14.5. The number of ketones is 1. The van der Waals surface area contributed by atoms with Gasteiger partial charge in [0.15, 0.2) is 5.78 Å². The van der Waals surface area contributed by atoms with Gasteiger partial charge in [-0.15, -0.1) is 0 Å². The Bertz CT molecular complexity index is 1190. The first-order chi connectivity index (χ1) is 16.4. The molecule has 0 aromatic heterocycles. The van der Waals surface area contributed by atoms with Gasteiger partial charge in [0, 0.05) is 49.1 Å². The third-order valence-corrected chi connectivity index (χ3v) is 5.68. The number of anilines is 2. The second kappa shape index (κ2) is 10.2. The van der Waals surface area contributed by atoms with Crippen molar-refractivity contribution in [2.75, 3.05) is 42.9 Å². The molecular formula is C25H23FN4O4. The zero-order chi connectivity index (χ0) is 24.1. The summed E-state index contributed by atoms with van der Waals surface area (Å²) in [5.74, 6) is -0.859. The molecule has 1 heterocycles. The topological polar surface area (TPSA) is 95.8 Å². The maximum absolute atomic E-state index is 13.0. The summed E-state index contributed by atoms with van der Waals surface area (Å²) in [5.41, 5.74) is 1.58. The van der Waals surface area contributed by atoms with E-state index in [1.54, 1.807) is 42.5 Å². The Morgan fingerprint density at radius 3 is 2.24 bits per heavy atom. The quantitative estimate of drug-likeness (QED) is 0.327. The molecule has 34 heavy (non-hydrogen) atoms. The summed E-state index contributed by atoms with van der Waals surface area (Å²) < 4.78 is 13.0. The van der Waals surface area contributed by atoms with E-state index in [0.29, 0.717) is 43.1 Å². The van der Waals surface area contributed by atoms with Gasteiger partial charge in [0.2, 0.25) is 5.91 Å². The highest BCUT2D eigenvalue weighted by Gasteiger charge is 2.26. The highest BCUT2D eigenvalue weighted by Crippen LogP contribution is 2.31. The van der Waals surface area contributed by atoms with Gasteiger partial charge in [-0.3, -0.25) is 24.6 Å². The van der Waals surface area contributed by atoms with Crippen molar-refractivity contribution in [1.29, 1.82) is 0 Å². The van der Waals surface area contributed by atoms with Gasteiger partial charge < -0.3 is 10.2 Å². The molecule has 0 unspecified atom stereocenters. The highest BCUT2D eigenvalue weighted by atomic mass is 19.1. The van der Waals surface area contributed by atoms with Crippen LogP contribution >= 0.6 is 0 Å². The molecule has 3 aromatic carbocycles. The van der Waals surface area contributed by atoms with Crippen molar-refractivity contribution >= 4 is 28.8 Å². The van der Waals surface area contributed by atoms with E-state index < -0.39 is 4.92 Å². The number of nitro benzene ring substituents is 1. The SMILES string of the molecule is O=C(CN1CCN(c2ccc(C(=O)c3ccccc3)cc2[N+](=O)[O-])CC1)Nc1ccc(F)cc1. The normalized spacial score (nSPS) is 14.0. The zero-order valence-corrected chi connectivity index (χ0v) is 18.3. The summed E-state index contributed by atoms with van der Waals surface area (Å²) in [7, 11) is 0. The number of nitrogens with zero attached hydrogens (tertiary/aromatic N) is 3. The summed E-state index contributed by atoms with van der Waals surface area (Å²) >= 11 is 0. The lowest BCUT2D eigenvalue weighted by Crippen LogP contribution is -2.48. The first-order valence-corrected chi connectivity index (χ1v) is 10.8. The molecule has 3 aromatic rings. The van der Waals surface area contributed by atoms with Crippen LogP contribution in [0.3, 0.4) is 0 Å². The first kappa shape index (κ1) is 23.1. The molecule has 9 heteroatoms. The van der Waals surface area contributed by atoms with Crippen molar-refractivity contribution < 1.29 is 18.9 Å². The lowest BCUT2D eigenvalue weighted by molar-refractivity contribution is -0.384. The Balaban J connectivity index is 1.39. The molecule has 1 N–H and O–H groups in total.